The van der Waals surface area contributed by atoms with Crippen LogP contribution >= 0.6 is 0 Å². The lowest BCUT2D eigenvalue weighted by molar-refractivity contribution is 0.102. The van der Waals surface area contributed by atoms with Gasteiger partial charge in [-0.2, -0.15) is 0 Å². The maximum absolute atomic E-state index is 15.5. The molecule has 38 heavy (non-hydrogen) atoms. The van der Waals surface area contributed by atoms with Crippen molar-refractivity contribution in [1.29, 1.82) is 0 Å². The van der Waals surface area contributed by atoms with Crippen molar-refractivity contribution in [2.24, 2.45) is 0 Å². The van der Waals surface area contributed by atoms with E-state index >= 15 is 4.39 Å². The third-order valence-electron chi connectivity index (χ3n) is 7.10. The maximum Gasteiger partial charge on any atom is 0.267 e. The number of hydrogen-bond donors (Lipinski definition) is 2. The minimum Gasteiger partial charge on any atom is -0.383 e. The Bertz CT molecular complexity index is 1720. The minimum absolute atomic E-state index is 0.0506. The summed E-state index contributed by atoms with van der Waals surface area (Å²) in [6.07, 6.45) is 9.27. The van der Waals surface area contributed by atoms with Gasteiger partial charge in [-0.3, -0.25) is 14.2 Å². The Morgan fingerprint density at radius 1 is 1.00 bits per heavy atom. The van der Waals surface area contributed by atoms with Gasteiger partial charge in [0.05, 0.1) is 5.39 Å². The van der Waals surface area contributed by atoms with Crippen molar-refractivity contribution in [2.45, 2.75) is 31.7 Å². The topological polar surface area (TPSA) is 108 Å². The summed E-state index contributed by atoms with van der Waals surface area (Å²) in [6, 6.07) is 16.8. The minimum atomic E-state index is -0.622. The van der Waals surface area contributed by atoms with Crippen LogP contribution in [-0.4, -0.2) is 25.0 Å². The normalized spacial score (nSPS) is 13.7. The first-order valence-corrected chi connectivity index (χ1v) is 12.5. The van der Waals surface area contributed by atoms with Gasteiger partial charge in [-0.05, 0) is 55.3 Å². The van der Waals surface area contributed by atoms with Crippen molar-refractivity contribution in [1.82, 2.24) is 19.1 Å². The molecule has 3 N–H and O–H groups in total. The molecule has 9 heteroatoms. The fraction of sp³-hybridized carbons (Fsp3) is 0.172. The Hall–Kier alpha value is -4.79. The number of pyridine rings is 1. The highest BCUT2D eigenvalue weighted by Crippen LogP contribution is 2.39. The monoisotopic (exact) mass is 508 g/mol. The lowest BCUT2D eigenvalue weighted by atomic mass is 10.0. The number of nitrogens with zero attached hydrogens (tertiary/aromatic N) is 4. The van der Waals surface area contributed by atoms with Gasteiger partial charge in [-0.15, -0.1) is 0 Å². The van der Waals surface area contributed by atoms with Crippen molar-refractivity contribution >= 4 is 28.4 Å². The van der Waals surface area contributed by atoms with Crippen LogP contribution in [-0.2, 0) is 0 Å². The van der Waals surface area contributed by atoms with E-state index in [1.807, 2.05) is 24.4 Å². The van der Waals surface area contributed by atoms with Crippen LogP contribution in [0.2, 0.25) is 0 Å². The van der Waals surface area contributed by atoms with Gasteiger partial charge in [-0.25, -0.2) is 14.4 Å². The highest BCUT2D eigenvalue weighted by atomic mass is 19.1. The van der Waals surface area contributed by atoms with Gasteiger partial charge in [0.2, 0.25) is 0 Å². The molecule has 0 unspecified atom stereocenters. The average Bonchev–Trinajstić information content (AvgIpc) is 3.58. The Balaban J connectivity index is 1.32. The van der Waals surface area contributed by atoms with Crippen molar-refractivity contribution in [3.63, 3.8) is 0 Å². The van der Waals surface area contributed by atoms with E-state index in [-0.39, 0.29) is 23.1 Å². The molecule has 1 aliphatic carbocycles. The van der Waals surface area contributed by atoms with E-state index < -0.39 is 17.3 Å². The second-order valence-electron chi connectivity index (χ2n) is 9.43. The molecule has 0 spiro atoms. The van der Waals surface area contributed by atoms with Gasteiger partial charge in [0.15, 0.2) is 0 Å². The second kappa shape index (κ2) is 9.59. The number of carbonyl (C=O) groups is 1. The van der Waals surface area contributed by atoms with E-state index in [9.17, 15) is 9.59 Å². The molecule has 1 saturated carbocycles. The van der Waals surface area contributed by atoms with Crippen LogP contribution in [0.5, 0.6) is 0 Å². The number of aromatic nitrogens is 4. The number of hydrogen-bond acceptors (Lipinski definition) is 5. The number of carbonyl (C=O) groups excluding carboxylic acids is 1. The number of halogens is 1. The molecule has 0 bridgehead atoms. The first-order chi connectivity index (χ1) is 18.5. The second-order valence-corrected chi connectivity index (χ2v) is 9.43. The summed E-state index contributed by atoms with van der Waals surface area (Å²) in [4.78, 5) is 34.5. The van der Waals surface area contributed by atoms with Gasteiger partial charge < -0.3 is 15.6 Å². The van der Waals surface area contributed by atoms with Gasteiger partial charge in [0.1, 0.15) is 29.2 Å². The molecule has 190 valence electrons. The first kappa shape index (κ1) is 23.6. The Labute approximate surface area is 217 Å². The largest absolute Gasteiger partial charge is 0.383 e. The third-order valence-corrected chi connectivity index (χ3v) is 7.10. The van der Waals surface area contributed by atoms with E-state index in [0.29, 0.717) is 27.8 Å². The van der Waals surface area contributed by atoms with Gasteiger partial charge in [0.25, 0.3) is 11.5 Å². The van der Waals surface area contributed by atoms with Crippen LogP contribution in [0.1, 0.15) is 42.1 Å². The van der Waals surface area contributed by atoms with Crippen LogP contribution in [0, 0.1) is 5.82 Å². The molecule has 2 aromatic carbocycles. The standard InChI is InChI=1S/C29H25FN6O2/c30-24-15-18(34-28(37)22-11-6-14-35(29(22)38)19-7-2-1-3-8-19)12-13-21(24)23-16-36(20-9-4-5-10-20)27-25(23)26(31)32-17-33-27/h1-3,6-8,11-17,20H,4-5,9-10H2,(H,34,37)(H2,31,32,33). The zero-order valence-electron chi connectivity index (χ0n) is 20.5. The van der Waals surface area contributed by atoms with Crippen LogP contribution in [0.4, 0.5) is 15.9 Å². The fourth-order valence-corrected chi connectivity index (χ4v) is 5.24. The molecule has 1 aliphatic rings. The third kappa shape index (κ3) is 4.11. The number of anilines is 2. The van der Waals surface area contributed by atoms with Crippen molar-refractivity contribution in [3.8, 4) is 16.8 Å². The predicted octanol–water partition coefficient (Wildman–Crippen LogP) is 5.34. The highest BCUT2D eigenvalue weighted by molar-refractivity contribution is 6.04. The number of para-hydroxylation sites is 1. The number of nitrogens with two attached hydrogens (primary N) is 1. The number of rotatable bonds is 5. The highest BCUT2D eigenvalue weighted by Gasteiger charge is 2.24. The lowest BCUT2D eigenvalue weighted by Crippen LogP contribution is -2.27. The molecule has 1 fully saturated rings. The van der Waals surface area contributed by atoms with E-state index in [4.69, 9.17) is 5.73 Å². The van der Waals surface area contributed by atoms with E-state index in [1.54, 1.807) is 36.5 Å². The van der Waals surface area contributed by atoms with Crippen LogP contribution in [0.3, 0.4) is 0 Å². The number of fused-ring (bicyclic) bond motifs is 1. The molecule has 3 heterocycles. The lowest BCUT2D eigenvalue weighted by Gasteiger charge is -2.12. The molecule has 8 nitrogen and oxygen atoms in total. The van der Waals surface area contributed by atoms with Gasteiger partial charge in [-0.1, -0.05) is 31.0 Å². The number of nitrogen functional groups attached to an aromatic ring is 1. The Morgan fingerprint density at radius 2 is 1.79 bits per heavy atom. The summed E-state index contributed by atoms with van der Waals surface area (Å²) in [5.74, 6) is -0.869. The molecule has 5 aromatic rings. The van der Waals surface area contributed by atoms with Crippen molar-refractivity contribution in [3.05, 3.63) is 101 Å². The van der Waals surface area contributed by atoms with Crippen LogP contribution < -0.4 is 16.6 Å². The van der Waals surface area contributed by atoms with Crippen molar-refractivity contribution in [2.75, 3.05) is 11.1 Å². The zero-order valence-corrected chi connectivity index (χ0v) is 20.5. The maximum atomic E-state index is 15.5. The summed E-state index contributed by atoms with van der Waals surface area (Å²) in [6.45, 7) is 0. The quantitative estimate of drug-likeness (QED) is 0.333. The Kier molecular flexibility index (Phi) is 5.95. The molecular formula is C29H25FN6O2. The molecule has 0 atom stereocenters. The molecule has 0 saturated heterocycles. The fourth-order valence-electron chi connectivity index (χ4n) is 5.24. The summed E-state index contributed by atoms with van der Waals surface area (Å²) in [5.41, 5.74) is 8.19. The van der Waals surface area contributed by atoms with Crippen molar-refractivity contribution < 1.29 is 9.18 Å². The summed E-state index contributed by atoms with van der Waals surface area (Å²) < 4.78 is 19.0. The molecule has 1 amide bonds. The zero-order chi connectivity index (χ0) is 26.2. The number of nitrogens with one attached hydrogen (secondary N) is 1. The van der Waals surface area contributed by atoms with E-state index in [1.165, 1.54) is 23.0 Å². The smallest absolute Gasteiger partial charge is 0.267 e. The van der Waals surface area contributed by atoms with Gasteiger partial charge >= 0.3 is 0 Å². The SMILES string of the molecule is Nc1ncnc2c1c(-c1ccc(NC(=O)c3cccn(-c4ccccc4)c3=O)cc1F)cn2C1CCCC1. The summed E-state index contributed by atoms with van der Waals surface area (Å²) in [5, 5.41) is 3.26. The number of benzene rings is 2. The summed E-state index contributed by atoms with van der Waals surface area (Å²) >= 11 is 0. The summed E-state index contributed by atoms with van der Waals surface area (Å²) in [7, 11) is 0. The molecular weight excluding hydrogens is 483 g/mol. The number of amides is 1. The molecule has 0 radical (unpaired) electrons. The van der Waals surface area contributed by atoms with Gasteiger partial charge in [0, 0.05) is 40.9 Å². The Morgan fingerprint density at radius 3 is 2.55 bits per heavy atom. The molecule has 0 aliphatic heterocycles. The van der Waals surface area contributed by atoms with Crippen LogP contribution in [0.25, 0.3) is 27.8 Å². The molecule has 6 rings (SSSR count). The predicted molar refractivity (Wildman–Crippen MR) is 145 cm³/mol. The average molecular weight is 509 g/mol. The molecule has 3 aromatic heterocycles. The van der Waals surface area contributed by atoms with E-state index in [2.05, 4.69) is 19.9 Å². The van der Waals surface area contributed by atoms with E-state index in [0.717, 1.165) is 25.7 Å². The van der Waals surface area contributed by atoms with Crippen LogP contribution in [0.15, 0.2) is 84.2 Å². The first-order valence-electron chi connectivity index (χ1n) is 12.5.